The molecule has 1 aromatic rings. The van der Waals surface area contributed by atoms with Crippen LogP contribution in [0.2, 0.25) is 0 Å². The maximum Gasteiger partial charge on any atom is 0.144 e. The van der Waals surface area contributed by atoms with E-state index in [0.717, 1.165) is 13.6 Å². The molecular formula is C11H13BrINOS. The average molecular weight is 414 g/mol. The van der Waals surface area contributed by atoms with Crippen LogP contribution in [0.15, 0.2) is 27.1 Å². The van der Waals surface area contributed by atoms with Crippen molar-refractivity contribution >= 4 is 55.7 Å². The Hall–Kier alpha value is 0.250. The van der Waals surface area contributed by atoms with E-state index in [4.69, 9.17) is 0 Å². The summed E-state index contributed by atoms with van der Waals surface area (Å²) in [4.78, 5) is 0. The van der Waals surface area contributed by atoms with Crippen LogP contribution in [0, 0.1) is 3.57 Å². The summed E-state index contributed by atoms with van der Waals surface area (Å²) in [5.74, 6) is 0. The second-order valence-corrected chi connectivity index (χ2v) is 8.27. The summed E-state index contributed by atoms with van der Waals surface area (Å²) in [6.07, 6.45) is 1.67. The summed E-state index contributed by atoms with van der Waals surface area (Å²) in [5, 5.41) is 0. The van der Waals surface area contributed by atoms with Crippen LogP contribution >= 0.6 is 38.5 Å². The van der Waals surface area contributed by atoms with Crippen LogP contribution in [0.25, 0.3) is 0 Å². The second kappa shape index (κ2) is 5.73. The monoisotopic (exact) mass is 413 g/mol. The lowest BCUT2D eigenvalue weighted by Gasteiger charge is -2.12. The SMILES string of the molecule is CC(C)(C)[S@@](=O)/N=C/c1cc(Br)ccc1I. The first-order valence-corrected chi connectivity index (χ1v) is 7.69. The molecule has 1 rings (SSSR count). The smallest absolute Gasteiger partial charge is 0.144 e. The standard InChI is InChI=1S/C11H13BrINOS/c1-11(2,3)16(15)14-7-8-6-9(12)4-5-10(8)13/h4-7H,1-3H3/b14-7+/t16-/m1/s1. The van der Waals surface area contributed by atoms with Crippen molar-refractivity contribution in [1.82, 2.24) is 0 Å². The number of hydrogen-bond acceptors (Lipinski definition) is 1. The Balaban J connectivity index is 2.93. The van der Waals surface area contributed by atoms with Crippen molar-refractivity contribution in [3.63, 3.8) is 0 Å². The molecule has 0 aliphatic rings. The Morgan fingerprint density at radius 2 is 2.06 bits per heavy atom. The van der Waals surface area contributed by atoms with Gasteiger partial charge in [-0.15, -0.1) is 0 Å². The quantitative estimate of drug-likeness (QED) is 0.533. The summed E-state index contributed by atoms with van der Waals surface area (Å²) in [6, 6.07) is 5.93. The minimum atomic E-state index is -1.20. The third kappa shape index (κ3) is 4.25. The van der Waals surface area contributed by atoms with Gasteiger partial charge in [0.05, 0.1) is 4.75 Å². The molecule has 0 aromatic heterocycles. The molecule has 1 atom stereocenters. The van der Waals surface area contributed by atoms with E-state index in [1.807, 2.05) is 39.0 Å². The zero-order valence-corrected chi connectivity index (χ0v) is 13.9. The number of hydrogen-bond donors (Lipinski definition) is 0. The molecule has 0 radical (unpaired) electrons. The number of nitrogens with zero attached hydrogens (tertiary/aromatic N) is 1. The van der Waals surface area contributed by atoms with Crippen LogP contribution < -0.4 is 0 Å². The van der Waals surface area contributed by atoms with Gasteiger partial charge in [-0.25, -0.2) is 4.21 Å². The second-order valence-electron chi connectivity index (χ2n) is 4.26. The molecule has 0 saturated carbocycles. The van der Waals surface area contributed by atoms with Gasteiger partial charge >= 0.3 is 0 Å². The Bertz CT molecular complexity index is 440. The normalized spacial score (nSPS) is 14.3. The molecule has 16 heavy (non-hydrogen) atoms. The lowest BCUT2D eigenvalue weighted by atomic mass is 10.2. The Kier molecular flexibility index (Phi) is 5.12. The molecule has 0 aliphatic heterocycles. The summed E-state index contributed by atoms with van der Waals surface area (Å²) in [5.41, 5.74) is 0.979. The van der Waals surface area contributed by atoms with Crippen molar-refractivity contribution in [2.45, 2.75) is 25.5 Å². The van der Waals surface area contributed by atoms with Gasteiger partial charge in [-0.2, -0.15) is 4.40 Å². The topological polar surface area (TPSA) is 29.4 Å². The predicted octanol–water partition coefficient (Wildman–Crippen LogP) is 3.93. The molecule has 0 saturated heterocycles. The van der Waals surface area contributed by atoms with E-state index in [2.05, 4.69) is 42.9 Å². The lowest BCUT2D eigenvalue weighted by Crippen LogP contribution is -2.19. The molecule has 88 valence electrons. The maximum atomic E-state index is 11.7. The molecular weight excluding hydrogens is 401 g/mol. The first-order valence-electron chi connectivity index (χ1n) is 4.72. The van der Waals surface area contributed by atoms with Gasteiger partial charge in [0.25, 0.3) is 0 Å². The maximum absolute atomic E-state index is 11.7. The molecule has 5 heteroatoms. The summed E-state index contributed by atoms with van der Waals surface area (Å²) < 4.78 is 17.6. The highest BCUT2D eigenvalue weighted by Crippen LogP contribution is 2.18. The van der Waals surface area contributed by atoms with Crippen LogP contribution in [0.5, 0.6) is 0 Å². The third-order valence-corrected chi connectivity index (χ3v) is 4.59. The van der Waals surface area contributed by atoms with Gasteiger partial charge in [-0.1, -0.05) is 15.9 Å². The Morgan fingerprint density at radius 3 is 2.62 bits per heavy atom. The fourth-order valence-corrected chi connectivity index (χ4v) is 2.26. The van der Waals surface area contributed by atoms with Crippen LogP contribution in [0.3, 0.4) is 0 Å². The van der Waals surface area contributed by atoms with Gasteiger partial charge in [-0.3, -0.25) is 0 Å². The highest BCUT2D eigenvalue weighted by molar-refractivity contribution is 14.1. The fraction of sp³-hybridized carbons (Fsp3) is 0.364. The lowest BCUT2D eigenvalue weighted by molar-refractivity contribution is 0.651. The van der Waals surface area contributed by atoms with E-state index >= 15 is 0 Å². The van der Waals surface area contributed by atoms with Gasteiger partial charge in [0.1, 0.15) is 11.0 Å². The minimum absolute atomic E-state index is 0.312. The predicted molar refractivity (Wildman–Crippen MR) is 82.3 cm³/mol. The van der Waals surface area contributed by atoms with Crippen LogP contribution in [0.4, 0.5) is 0 Å². The zero-order valence-electron chi connectivity index (χ0n) is 9.33. The molecule has 0 unspecified atom stereocenters. The molecule has 0 heterocycles. The molecule has 2 nitrogen and oxygen atoms in total. The molecule has 0 bridgehead atoms. The minimum Gasteiger partial charge on any atom is -0.234 e. The van der Waals surface area contributed by atoms with Crippen molar-refractivity contribution in [3.05, 3.63) is 31.8 Å². The summed E-state index contributed by atoms with van der Waals surface area (Å²) in [7, 11) is -1.20. The molecule has 0 N–H and O–H groups in total. The Labute approximate surface area is 121 Å². The van der Waals surface area contributed by atoms with E-state index in [-0.39, 0.29) is 4.75 Å². The molecule has 0 amide bonds. The third-order valence-electron chi connectivity index (χ3n) is 1.77. The number of benzene rings is 1. The van der Waals surface area contributed by atoms with Crippen molar-refractivity contribution in [1.29, 1.82) is 0 Å². The average Bonchev–Trinajstić information content (AvgIpc) is 2.17. The largest absolute Gasteiger partial charge is 0.234 e. The first-order chi connectivity index (χ1) is 7.30. The summed E-state index contributed by atoms with van der Waals surface area (Å²) in [6.45, 7) is 5.73. The van der Waals surface area contributed by atoms with Crippen molar-refractivity contribution < 1.29 is 4.21 Å². The fourth-order valence-electron chi connectivity index (χ4n) is 0.876. The first kappa shape index (κ1) is 14.3. The molecule has 0 fully saturated rings. The van der Waals surface area contributed by atoms with Gasteiger partial charge in [0.15, 0.2) is 0 Å². The van der Waals surface area contributed by atoms with Gasteiger partial charge < -0.3 is 0 Å². The van der Waals surface area contributed by atoms with E-state index in [1.54, 1.807) is 6.21 Å². The van der Waals surface area contributed by atoms with E-state index in [1.165, 1.54) is 0 Å². The molecule has 1 aromatic carbocycles. The molecule has 0 spiro atoms. The number of halogens is 2. The van der Waals surface area contributed by atoms with Crippen molar-refractivity contribution in [2.75, 3.05) is 0 Å². The highest BCUT2D eigenvalue weighted by Gasteiger charge is 2.18. The van der Waals surface area contributed by atoms with Gasteiger partial charge in [-0.05, 0) is 61.6 Å². The van der Waals surface area contributed by atoms with Gasteiger partial charge in [0.2, 0.25) is 0 Å². The van der Waals surface area contributed by atoms with Crippen LogP contribution in [-0.4, -0.2) is 15.2 Å². The van der Waals surface area contributed by atoms with E-state index in [9.17, 15) is 4.21 Å². The van der Waals surface area contributed by atoms with E-state index in [0.29, 0.717) is 0 Å². The van der Waals surface area contributed by atoms with E-state index < -0.39 is 11.0 Å². The highest BCUT2D eigenvalue weighted by atomic mass is 127. The molecule has 0 aliphatic carbocycles. The van der Waals surface area contributed by atoms with Gasteiger partial charge in [0, 0.05) is 19.8 Å². The van der Waals surface area contributed by atoms with Crippen molar-refractivity contribution in [3.8, 4) is 0 Å². The van der Waals surface area contributed by atoms with Crippen LogP contribution in [0.1, 0.15) is 26.3 Å². The number of rotatable bonds is 2. The summed E-state index contributed by atoms with van der Waals surface area (Å²) >= 11 is 5.64. The van der Waals surface area contributed by atoms with Crippen molar-refractivity contribution in [2.24, 2.45) is 4.40 Å². The van der Waals surface area contributed by atoms with Crippen LogP contribution in [-0.2, 0) is 11.0 Å². The Morgan fingerprint density at radius 1 is 1.44 bits per heavy atom. The zero-order chi connectivity index (χ0) is 12.3.